The lowest BCUT2D eigenvalue weighted by molar-refractivity contribution is 0.122. The summed E-state index contributed by atoms with van der Waals surface area (Å²) >= 11 is 0. The van der Waals surface area contributed by atoms with E-state index in [2.05, 4.69) is 25.8 Å². The van der Waals surface area contributed by atoms with Gasteiger partial charge in [-0.15, -0.1) is 12.4 Å². The van der Waals surface area contributed by atoms with Crippen LogP contribution in [-0.4, -0.2) is 80.0 Å². The lowest BCUT2D eigenvalue weighted by Gasteiger charge is -2.31. The van der Waals surface area contributed by atoms with Gasteiger partial charge in [-0.25, -0.2) is 14.8 Å². The van der Waals surface area contributed by atoms with Gasteiger partial charge in [0.2, 0.25) is 0 Å². The van der Waals surface area contributed by atoms with Crippen LogP contribution in [0, 0.1) is 0 Å². The molecule has 0 bridgehead atoms. The highest BCUT2D eigenvalue weighted by Crippen LogP contribution is 2.34. The van der Waals surface area contributed by atoms with Crippen LogP contribution in [0.2, 0.25) is 0 Å². The molecular weight excluding hydrogens is 518 g/mol. The van der Waals surface area contributed by atoms with Crippen LogP contribution >= 0.6 is 12.4 Å². The third-order valence-corrected chi connectivity index (χ3v) is 6.53. The number of carbonyl (C=O) groups excluding carboxylic acids is 1. The molecular formula is C28H36ClN7O3. The Morgan fingerprint density at radius 3 is 2.28 bits per heavy atom. The first-order chi connectivity index (χ1) is 18.7. The minimum absolute atomic E-state index is 0. The van der Waals surface area contributed by atoms with Gasteiger partial charge in [-0.3, -0.25) is 4.90 Å². The monoisotopic (exact) mass is 553 g/mol. The zero-order valence-corrected chi connectivity index (χ0v) is 23.0. The molecule has 2 aromatic carbocycles. The number of piperazine rings is 1. The van der Waals surface area contributed by atoms with Gasteiger partial charge in [0.25, 0.3) is 0 Å². The summed E-state index contributed by atoms with van der Waals surface area (Å²) in [6, 6.07) is 16.7. The Labute approximate surface area is 235 Å². The second kappa shape index (κ2) is 14.1. The van der Waals surface area contributed by atoms with Crippen molar-refractivity contribution < 1.29 is 14.3 Å². The van der Waals surface area contributed by atoms with Crippen molar-refractivity contribution in [1.29, 1.82) is 0 Å². The summed E-state index contributed by atoms with van der Waals surface area (Å²) < 4.78 is 11.8. The van der Waals surface area contributed by atoms with Crippen LogP contribution in [0.1, 0.15) is 12.6 Å². The van der Waals surface area contributed by atoms with Gasteiger partial charge in [-0.05, 0) is 43.3 Å². The van der Waals surface area contributed by atoms with E-state index in [1.165, 1.54) is 0 Å². The second-order valence-corrected chi connectivity index (χ2v) is 9.23. The number of nitrogens with one attached hydrogen (secondary N) is 3. The molecule has 0 unspecified atom stereocenters. The molecule has 5 rings (SSSR count). The summed E-state index contributed by atoms with van der Waals surface area (Å²) in [6.45, 7) is 9.90. The zero-order valence-electron chi connectivity index (χ0n) is 22.2. The minimum Gasteiger partial charge on any atom is -0.488 e. The molecule has 2 aliphatic rings. The van der Waals surface area contributed by atoms with E-state index in [9.17, 15) is 4.79 Å². The van der Waals surface area contributed by atoms with E-state index in [4.69, 9.17) is 19.4 Å². The molecule has 1 aromatic heterocycles. The van der Waals surface area contributed by atoms with Crippen molar-refractivity contribution in [3.8, 4) is 17.1 Å². The molecule has 2 amide bonds. The number of amides is 2. The van der Waals surface area contributed by atoms with Gasteiger partial charge in [0.15, 0.2) is 17.4 Å². The van der Waals surface area contributed by atoms with Gasteiger partial charge >= 0.3 is 6.03 Å². The summed E-state index contributed by atoms with van der Waals surface area (Å²) in [5, 5.41) is 9.12. The number of ether oxygens (including phenoxy) is 2. The Kier molecular flexibility index (Phi) is 10.3. The standard InChI is InChI=1S/C28H35N7O3.ClH/c1-2-38-25-24(20-34-14-12-29-13-15-34)32-26(33-27(25)35-16-18-37-19-17-35)21-8-10-23(11-9-21)31-28(36)30-22-6-4-3-5-7-22;/h3-11,29H,2,12-20H2,1H3,(H2,30,31,36);1H. The smallest absolute Gasteiger partial charge is 0.323 e. The van der Waals surface area contributed by atoms with Crippen molar-refractivity contribution in [2.75, 3.05) is 74.6 Å². The first kappa shape index (κ1) is 28.6. The topological polar surface area (TPSA) is 104 Å². The van der Waals surface area contributed by atoms with Crippen LogP contribution in [0.3, 0.4) is 0 Å². The Balaban J connectivity index is 0.00000353. The fourth-order valence-electron chi connectivity index (χ4n) is 4.60. The summed E-state index contributed by atoms with van der Waals surface area (Å²) in [4.78, 5) is 27.0. The number of nitrogens with zero attached hydrogens (tertiary/aromatic N) is 4. The van der Waals surface area contributed by atoms with E-state index < -0.39 is 0 Å². The highest BCUT2D eigenvalue weighted by molar-refractivity contribution is 5.99. The molecule has 2 fully saturated rings. The predicted molar refractivity (Wildman–Crippen MR) is 156 cm³/mol. The molecule has 10 nitrogen and oxygen atoms in total. The number of hydrogen-bond donors (Lipinski definition) is 3. The second-order valence-electron chi connectivity index (χ2n) is 9.23. The van der Waals surface area contributed by atoms with E-state index in [-0.39, 0.29) is 18.4 Å². The largest absolute Gasteiger partial charge is 0.488 e. The molecule has 0 aliphatic carbocycles. The lowest BCUT2D eigenvalue weighted by Crippen LogP contribution is -2.43. The van der Waals surface area contributed by atoms with Crippen LogP contribution in [0.25, 0.3) is 11.4 Å². The van der Waals surface area contributed by atoms with Crippen molar-refractivity contribution >= 4 is 35.6 Å². The number of anilines is 3. The third-order valence-electron chi connectivity index (χ3n) is 6.53. The van der Waals surface area contributed by atoms with E-state index in [1.54, 1.807) is 0 Å². The Morgan fingerprint density at radius 2 is 1.62 bits per heavy atom. The quantitative estimate of drug-likeness (QED) is 0.386. The molecule has 39 heavy (non-hydrogen) atoms. The maximum absolute atomic E-state index is 12.4. The first-order valence-electron chi connectivity index (χ1n) is 13.2. The fourth-order valence-corrected chi connectivity index (χ4v) is 4.60. The minimum atomic E-state index is -0.297. The Bertz CT molecular complexity index is 1200. The molecule has 11 heteroatoms. The van der Waals surface area contributed by atoms with Crippen molar-refractivity contribution in [2.24, 2.45) is 0 Å². The third kappa shape index (κ3) is 7.57. The first-order valence-corrected chi connectivity index (χ1v) is 13.2. The lowest BCUT2D eigenvalue weighted by atomic mass is 10.1. The number of aromatic nitrogens is 2. The van der Waals surface area contributed by atoms with Crippen molar-refractivity contribution in [3.05, 3.63) is 60.3 Å². The van der Waals surface area contributed by atoms with Gasteiger partial charge in [-0.1, -0.05) is 18.2 Å². The van der Waals surface area contributed by atoms with E-state index >= 15 is 0 Å². The molecule has 0 atom stereocenters. The number of rotatable bonds is 8. The van der Waals surface area contributed by atoms with Crippen LogP contribution in [0.15, 0.2) is 54.6 Å². The highest BCUT2D eigenvalue weighted by Gasteiger charge is 2.25. The summed E-state index contributed by atoms with van der Waals surface area (Å²) in [5.41, 5.74) is 3.18. The normalized spacial score (nSPS) is 15.8. The van der Waals surface area contributed by atoms with Crippen molar-refractivity contribution in [2.45, 2.75) is 13.5 Å². The molecule has 2 aliphatic heterocycles. The van der Waals surface area contributed by atoms with Crippen molar-refractivity contribution in [3.63, 3.8) is 0 Å². The summed E-state index contributed by atoms with van der Waals surface area (Å²) in [5.74, 6) is 2.21. The van der Waals surface area contributed by atoms with Crippen molar-refractivity contribution in [1.82, 2.24) is 20.2 Å². The number of para-hydroxylation sites is 1. The molecule has 3 aromatic rings. The highest BCUT2D eigenvalue weighted by atomic mass is 35.5. The Morgan fingerprint density at radius 1 is 0.949 bits per heavy atom. The van der Waals surface area contributed by atoms with Crippen LogP contribution in [0.4, 0.5) is 22.0 Å². The number of morpholine rings is 1. The van der Waals surface area contributed by atoms with Crippen LogP contribution in [-0.2, 0) is 11.3 Å². The zero-order chi connectivity index (χ0) is 26.2. The number of urea groups is 1. The van der Waals surface area contributed by atoms with Crippen LogP contribution in [0.5, 0.6) is 5.75 Å². The molecule has 0 radical (unpaired) electrons. The fraction of sp³-hybridized carbons (Fsp3) is 0.393. The van der Waals surface area contributed by atoms with Crippen LogP contribution < -0.4 is 25.6 Å². The van der Waals surface area contributed by atoms with Gasteiger partial charge in [-0.2, -0.15) is 0 Å². The SMILES string of the molecule is CCOc1c(CN2CCNCC2)nc(-c2ccc(NC(=O)Nc3ccccc3)cc2)nc1N1CCOCC1.Cl. The maximum atomic E-state index is 12.4. The van der Waals surface area contributed by atoms with E-state index in [1.807, 2.05) is 61.5 Å². The molecule has 2 saturated heterocycles. The number of halogens is 1. The van der Waals surface area contributed by atoms with Gasteiger partial charge in [0, 0.05) is 62.8 Å². The average molecular weight is 554 g/mol. The molecule has 3 N–H and O–H groups in total. The summed E-state index contributed by atoms with van der Waals surface area (Å²) in [6.07, 6.45) is 0. The van der Waals surface area contributed by atoms with E-state index in [0.29, 0.717) is 37.9 Å². The number of carbonyl (C=O) groups is 1. The average Bonchev–Trinajstić information content (AvgIpc) is 2.96. The summed E-state index contributed by atoms with van der Waals surface area (Å²) in [7, 11) is 0. The number of benzene rings is 2. The molecule has 0 spiro atoms. The molecule has 208 valence electrons. The van der Waals surface area contributed by atoms with Gasteiger partial charge < -0.3 is 30.3 Å². The number of hydrogen-bond acceptors (Lipinski definition) is 8. The van der Waals surface area contributed by atoms with E-state index in [0.717, 1.165) is 67.8 Å². The van der Waals surface area contributed by atoms with Gasteiger partial charge in [0.1, 0.15) is 5.69 Å². The molecule has 3 heterocycles. The predicted octanol–water partition coefficient (Wildman–Crippen LogP) is 3.85. The molecule has 0 saturated carbocycles. The maximum Gasteiger partial charge on any atom is 0.323 e. The Hall–Kier alpha value is -3.44. The van der Waals surface area contributed by atoms with Gasteiger partial charge in [0.05, 0.1) is 19.8 Å².